The molecule has 1 heterocycles. The molecule has 0 aliphatic carbocycles. The Bertz CT molecular complexity index is 213. The van der Waals surface area contributed by atoms with Gasteiger partial charge in [-0.1, -0.05) is 0 Å². The third-order valence-electron chi connectivity index (χ3n) is 1.92. The number of morpholine rings is 1. The number of primary amides is 1. The van der Waals surface area contributed by atoms with Gasteiger partial charge in [-0.15, -0.1) is 0 Å². The fourth-order valence-electron chi connectivity index (χ4n) is 1.21. The fourth-order valence-corrected chi connectivity index (χ4v) is 1.21. The standard InChI is InChI=1S/C8H14N2O4/c9-8(12)14-4-1-7(11)10-2-5-13-6-3-10/h1-6H2,(H2,9,12). The maximum absolute atomic E-state index is 11.4. The number of carbonyl (C=O) groups excluding carboxylic acids is 2. The normalized spacial score (nSPS) is 16.4. The molecule has 1 fully saturated rings. The van der Waals surface area contributed by atoms with Gasteiger partial charge in [0.15, 0.2) is 0 Å². The molecule has 80 valence electrons. The van der Waals surface area contributed by atoms with Gasteiger partial charge < -0.3 is 20.1 Å². The summed E-state index contributed by atoms with van der Waals surface area (Å²) in [5, 5.41) is 0. The van der Waals surface area contributed by atoms with E-state index in [-0.39, 0.29) is 18.9 Å². The van der Waals surface area contributed by atoms with Crippen molar-refractivity contribution in [2.75, 3.05) is 32.9 Å². The van der Waals surface area contributed by atoms with Crippen LogP contribution in [0.2, 0.25) is 0 Å². The van der Waals surface area contributed by atoms with Crippen LogP contribution in [0.25, 0.3) is 0 Å². The predicted molar refractivity (Wildman–Crippen MR) is 47.6 cm³/mol. The van der Waals surface area contributed by atoms with Gasteiger partial charge in [0.1, 0.15) is 6.61 Å². The second-order valence-electron chi connectivity index (χ2n) is 2.91. The topological polar surface area (TPSA) is 81.9 Å². The minimum Gasteiger partial charge on any atom is -0.449 e. The highest BCUT2D eigenvalue weighted by Crippen LogP contribution is 2.00. The van der Waals surface area contributed by atoms with Crippen LogP contribution in [0.3, 0.4) is 0 Å². The van der Waals surface area contributed by atoms with E-state index < -0.39 is 6.09 Å². The van der Waals surface area contributed by atoms with E-state index in [4.69, 9.17) is 10.5 Å². The van der Waals surface area contributed by atoms with Crippen molar-refractivity contribution in [1.82, 2.24) is 4.90 Å². The highest BCUT2D eigenvalue weighted by atomic mass is 16.5. The number of rotatable bonds is 3. The number of ether oxygens (including phenoxy) is 2. The maximum Gasteiger partial charge on any atom is 0.404 e. The smallest absolute Gasteiger partial charge is 0.404 e. The summed E-state index contributed by atoms with van der Waals surface area (Å²) in [5.74, 6) is -0.0328. The van der Waals surface area contributed by atoms with Crippen molar-refractivity contribution >= 4 is 12.0 Å². The monoisotopic (exact) mass is 202 g/mol. The first-order valence-electron chi connectivity index (χ1n) is 4.48. The number of hydrogen-bond acceptors (Lipinski definition) is 4. The molecule has 0 aromatic rings. The number of nitrogens with zero attached hydrogens (tertiary/aromatic N) is 1. The Hall–Kier alpha value is -1.30. The average molecular weight is 202 g/mol. The van der Waals surface area contributed by atoms with Gasteiger partial charge in [-0.3, -0.25) is 4.79 Å². The van der Waals surface area contributed by atoms with Gasteiger partial charge in [0.2, 0.25) is 5.91 Å². The highest BCUT2D eigenvalue weighted by Gasteiger charge is 2.16. The SMILES string of the molecule is NC(=O)OCCC(=O)N1CCOCC1. The van der Waals surface area contributed by atoms with E-state index in [1.807, 2.05) is 0 Å². The summed E-state index contributed by atoms with van der Waals surface area (Å²) in [5.41, 5.74) is 4.75. The van der Waals surface area contributed by atoms with Crippen molar-refractivity contribution in [3.05, 3.63) is 0 Å². The van der Waals surface area contributed by atoms with E-state index in [0.717, 1.165) is 0 Å². The molecule has 0 aromatic heterocycles. The average Bonchev–Trinajstić information content (AvgIpc) is 2.18. The zero-order valence-corrected chi connectivity index (χ0v) is 7.90. The van der Waals surface area contributed by atoms with E-state index in [1.54, 1.807) is 4.90 Å². The quantitative estimate of drug-likeness (QED) is 0.658. The minimum atomic E-state index is -0.847. The van der Waals surface area contributed by atoms with Gasteiger partial charge in [-0.2, -0.15) is 0 Å². The Morgan fingerprint density at radius 2 is 2.00 bits per heavy atom. The van der Waals surface area contributed by atoms with Gasteiger partial charge in [0.05, 0.1) is 19.6 Å². The minimum absolute atomic E-state index is 0.0328. The van der Waals surface area contributed by atoms with E-state index in [9.17, 15) is 9.59 Å². The van der Waals surface area contributed by atoms with Gasteiger partial charge in [0, 0.05) is 13.1 Å². The second-order valence-corrected chi connectivity index (χ2v) is 2.91. The molecule has 0 atom stereocenters. The van der Waals surface area contributed by atoms with Crippen molar-refractivity contribution < 1.29 is 19.1 Å². The van der Waals surface area contributed by atoms with Crippen molar-refractivity contribution in [3.8, 4) is 0 Å². The van der Waals surface area contributed by atoms with Crippen LogP contribution in [0.4, 0.5) is 4.79 Å². The van der Waals surface area contributed by atoms with E-state index in [2.05, 4.69) is 4.74 Å². The molecule has 2 amide bonds. The molecule has 6 heteroatoms. The molecule has 0 aromatic carbocycles. The molecule has 0 radical (unpaired) electrons. The lowest BCUT2D eigenvalue weighted by Crippen LogP contribution is -2.41. The molecule has 6 nitrogen and oxygen atoms in total. The third kappa shape index (κ3) is 3.61. The van der Waals surface area contributed by atoms with Gasteiger partial charge in [-0.05, 0) is 0 Å². The summed E-state index contributed by atoms with van der Waals surface area (Å²) in [4.78, 5) is 23.3. The lowest BCUT2D eigenvalue weighted by Gasteiger charge is -2.26. The lowest BCUT2D eigenvalue weighted by molar-refractivity contribution is -0.135. The van der Waals surface area contributed by atoms with E-state index in [0.29, 0.717) is 26.3 Å². The van der Waals surface area contributed by atoms with Crippen molar-refractivity contribution in [3.63, 3.8) is 0 Å². The first kappa shape index (κ1) is 10.8. The number of hydrogen-bond donors (Lipinski definition) is 1. The molecule has 1 saturated heterocycles. The summed E-state index contributed by atoms with van der Waals surface area (Å²) < 4.78 is 9.56. The van der Waals surface area contributed by atoms with Crippen LogP contribution in [-0.2, 0) is 14.3 Å². The third-order valence-corrected chi connectivity index (χ3v) is 1.92. The summed E-state index contributed by atoms with van der Waals surface area (Å²) in [6.07, 6.45) is -0.664. The van der Waals surface area contributed by atoms with Crippen molar-refractivity contribution in [2.45, 2.75) is 6.42 Å². The Morgan fingerprint density at radius 3 is 2.57 bits per heavy atom. The van der Waals surface area contributed by atoms with Crippen LogP contribution in [0.1, 0.15) is 6.42 Å². The van der Waals surface area contributed by atoms with Crippen LogP contribution in [0, 0.1) is 0 Å². The molecule has 1 rings (SSSR count). The van der Waals surface area contributed by atoms with Gasteiger partial charge in [0.25, 0.3) is 0 Å². The summed E-state index contributed by atoms with van der Waals surface area (Å²) in [6, 6.07) is 0. The first-order chi connectivity index (χ1) is 6.70. The van der Waals surface area contributed by atoms with Crippen LogP contribution in [-0.4, -0.2) is 49.8 Å². The zero-order valence-electron chi connectivity index (χ0n) is 7.90. The van der Waals surface area contributed by atoms with E-state index >= 15 is 0 Å². The Balaban J connectivity index is 2.16. The Kier molecular flexibility index (Phi) is 4.18. The molecular formula is C8H14N2O4. The number of nitrogens with two attached hydrogens (primary N) is 1. The predicted octanol–water partition coefficient (Wildman–Crippen LogP) is -0.669. The molecule has 2 N–H and O–H groups in total. The zero-order chi connectivity index (χ0) is 10.4. The highest BCUT2D eigenvalue weighted by molar-refractivity contribution is 5.76. The molecular weight excluding hydrogens is 188 g/mol. The van der Waals surface area contributed by atoms with Crippen molar-refractivity contribution in [2.24, 2.45) is 5.73 Å². The van der Waals surface area contributed by atoms with Crippen LogP contribution in [0.5, 0.6) is 0 Å². The summed E-state index contributed by atoms with van der Waals surface area (Å²) in [7, 11) is 0. The molecule has 0 spiro atoms. The van der Waals surface area contributed by atoms with Crippen LogP contribution < -0.4 is 5.73 Å². The maximum atomic E-state index is 11.4. The van der Waals surface area contributed by atoms with E-state index in [1.165, 1.54) is 0 Å². The molecule has 0 saturated carbocycles. The van der Waals surface area contributed by atoms with Gasteiger partial charge >= 0.3 is 6.09 Å². The van der Waals surface area contributed by atoms with Crippen molar-refractivity contribution in [1.29, 1.82) is 0 Å². The number of carbonyl (C=O) groups is 2. The molecule has 1 aliphatic heterocycles. The first-order valence-corrected chi connectivity index (χ1v) is 4.48. The molecule has 14 heavy (non-hydrogen) atoms. The second kappa shape index (κ2) is 5.43. The largest absolute Gasteiger partial charge is 0.449 e. The number of amides is 2. The Labute approximate surface area is 81.9 Å². The van der Waals surface area contributed by atoms with Crippen LogP contribution >= 0.6 is 0 Å². The van der Waals surface area contributed by atoms with Crippen LogP contribution in [0.15, 0.2) is 0 Å². The van der Waals surface area contributed by atoms with Gasteiger partial charge in [-0.25, -0.2) is 4.79 Å². The fraction of sp³-hybridized carbons (Fsp3) is 0.750. The summed E-state index contributed by atoms with van der Waals surface area (Å²) >= 11 is 0. The lowest BCUT2D eigenvalue weighted by atomic mass is 10.3. The molecule has 1 aliphatic rings. The molecule has 0 unspecified atom stereocenters. The molecule has 0 bridgehead atoms. The summed E-state index contributed by atoms with van der Waals surface area (Å²) in [6.45, 7) is 2.40. The Morgan fingerprint density at radius 1 is 1.36 bits per heavy atom.